The van der Waals surface area contributed by atoms with Gasteiger partial charge in [-0.25, -0.2) is 0 Å². The summed E-state index contributed by atoms with van der Waals surface area (Å²) in [6, 6.07) is 4.26. The second-order valence-corrected chi connectivity index (χ2v) is 5.26. The predicted octanol–water partition coefficient (Wildman–Crippen LogP) is 3.19. The first kappa shape index (κ1) is 14.8. The fraction of sp³-hybridized carbons (Fsp3) is 0.273. The molecule has 2 aromatic rings. The monoisotopic (exact) mass is 359 g/mol. The quantitative estimate of drug-likeness (QED) is 0.581. The average Bonchev–Trinajstić information content (AvgIpc) is 2.86. The number of aromatic nitrogens is 2. The van der Waals surface area contributed by atoms with Gasteiger partial charge in [-0.15, -0.1) is 0 Å². The van der Waals surface area contributed by atoms with Gasteiger partial charge >= 0.3 is 0 Å². The summed E-state index contributed by atoms with van der Waals surface area (Å²) in [6.07, 6.45) is 0.609. The Morgan fingerprint density at radius 1 is 1.50 bits per heavy atom. The second kappa shape index (κ2) is 6.73. The van der Waals surface area contributed by atoms with E-state index in [9.17, 15) is 10.1 Å². The van der Waals surface area contributed by atoms with E-state index >= 15 is 0 Å². The molecule has 2 rings (SSSR count). The third-order valence-corrected chi connectivity index (χ3v) is 3.56. The van der Waals surface area contributed by atoms with Crippen molar-refractivity contribution in [3.05, 3.63) is 38.6 Å². The van der Waals surface area contributed by atoms with Crippen molar-refractivity contribution in [3.63, 3.8) is 0 Å². The molecule has 0 saturated carbocycles. The number of rotatable bonds is 6. The molecule has 1 aromatic heterocycles. The number of methoxy groups -OCH3 is 1. The van der Waals surface area contributed by atoms with Crippen LogP contribution in [0.2, 0.25) is 0 Å². The molecule has 0 aliphatic rings. The normalized spacial score (nSPS) is 10.5. The van der Waals surface area contributed by atoms with Gasteiger partial charge in [0.2, 0.25) is 0 Å². The maximum absolute atomic E-state index is 10.6. The molecule has 0 aliphatic heterocycles. The average molecular weight is 360 g/mol. The minimum absolute atomic E-state index is 0.0118. The van der Waals surface area contributed by atoms with E-state index in [4.69, 9.17) is 9.47 Å². The highest BCUT2D eigenvalue weighted by Crippen LogP contribution is 2.33. The minimum atomic E-state index is -0.470. The topological polar surface area (TPSA) is 87.4 Å². The Morgan fingerprint density at radius 2 is 2.30 bits per heavy atom. The second-order valence-electron chi connectivity index (χ2n) is 3.69. The summed E-state index contributed by atoms with van der Waals surface area (Å²) in [5.74, 6) is 1.09. The van der Waals surface area contributed by atoms with Crippen LogP contribution < -0.4 is 4.74 Å². The third-order valence-electron chi connectivity index (χ3n) is 2.30. The summed E-state index contributed by atoms with van der Waals surface area (Å²) in [5, 5.41) is 11.0. The van der Waals surface area contributed by atoms with E-state index in [0.717, 1.165) is 11.5 Å². The number of nitrogens with zero attached hydrogens (tertiary/aromatic N) is 3. The molecule has 0 saturated heterocycles. The van der Waals surface area contributed by atoms with E-state index < -0.39 is 4.92 Å². The molecule has 9 heteroatoms. The molecule has 0 bridgehead atoms. The fourth-order valence-corrected chi connectivity index (χ4v) is 2.39. The smallest absolute Gasteiger partial charge is 0.298 e. The van der Waals surface area contributed by atoms with Crippen molar-refractivity contribution in [2.45, 2.75) is 6.42 Å². The standard InChI is InChI=1S/C11H10BrN3O4S/c1-18-5-4-10-13-11(20-14-10)19-9-3-2-7(15(16)17)6-8(9)12/h2-3,6H,4-5H2,1H3. The van der Waals surface area contributed by atoms with Gasteiger partial charge in [-0.3, -0.25) is 10.1 Å². The van der Waals surface area contributed by atoms with Crippen molar-refractivity contribution in [2.24, 2.45) is 0 Å². The molecular formula is C11H10BrN3O4S. The van der Waals surface area contributed by atoms with Crippen LogP contribution in [0.1, 0.15) is 5.82 Å². The van der Waals surface area contributed by atoms with Gasteiger partial charge in [-0.05, 0) is 22.0 Å². The molecule has 0 N–H and O–H groups in total. The molecule has 1 heterocycles. The Kier molecular flexibility index (Phi) is 4.99. The molecule has 7 nitrogen and oxygen atoms in total. The van der Waals surface area contributed by atoms with Crippen molar-refractivity contribution in [1.29, 1.82) is 0 Å². The Labute approximate surface area is 127 Å². The van der Waals surface area contributed by atoms with Gasteiger partial charge in [0, 0.05) is 37.2 Å². The van der Waals surface area contributed by atoms with Crippen molar-refractivity contribution in [2.75, 3.05) is 13.7 Å². The zero-order valence-electron chi connectivity index (χ0n) is 10.4. The van der Waals surface area contributed by atoms with E-state index in [1.807, 2.05) is 0 Å². The van der Waals surface area contributed by atoms with Crippen molar-refractivity contribution in [3.8, 4) is 10.9 Å². The molecular weight excluding hydrogens is 350 g/mol. The number of benzene rings is 1. The lowest BCUT2D eigenvalue weighted by molar-refractivity contribution is -0.384. The van der Waals surface area contributed by atoms with Gasteiger partial charge in [0.05, 0.1) is 16.0 Å². The summed E-state index contributed by atoms with van der Waals surface area (Å²) in [4.78, 5) is 14.4. The van der Waals surface area contributed by atoms with Crippen LogP contribution in [-0.2, 0) is 11.2 Å². The molecule has 0 radical (unpaired) electrons. The first-order chi connectivity index (χ1) is 9.60. The number of hydrogen-bond donors (Lipinski definition) is 0. The first-order valence-corrected chi connectivity index (χ1v) is 7.10. The highest BCUT2D eigenvalue weighted by Gasteiger charge is 2.12. The maximum Gasteiger partial charge on any atom is 0.298 e. The summed E-state index contributed by atoms with van der Waals surface area (Å²) in [7, 11) is 1.61. The minimum Gasteiger partial charge on any atom is -0.429 e. The number of non-ortho nitro benzene ring substituents is 1. The van der Waals surface area contributed by atoms with E-state index in [0.29, 0.717) is 34.3 Å². The van der Waals surface area contributed by atoms with Gasteiger partial charge in [-0.1, -0.05) is 0 Å². The van der Waals surface area contributed by atoms with E-state index in [2.05, 4.69) is 25.3 Å². The van der Waals surface area contributed by atoms with Gasteiger partial charge in [0.15, 0.2) is 0 Å². The largest absolute Gasteiger partial charge is 0.429 e. The highest BCUT2D eigenvalue weighted by molar-refractivity contribution is 9.10. The van der Waals surface area contributed by atoms with Gasteiger partial charge in [0.1, 0.15) is 11.6 Å². The molecule has 0 unspecified atom stereocenters. The van der Waals surface area contributed by atoms with E-state index in [1.54, 1.807) is 7.11 Å². The molecule has 0 amide bonds. The van der Waals surface area contributed by atoms with Crippen LogP contribution >= 0.6 is 27.5 Å². The fourth-order valence-electron chi connectivity index (χ4n) is 1.35. The first-order valence-electron chi connectivity index (χ1n) is 5.53. The molecule has 0 fully saturated rings. The molecule has 20 heavy (non-hydrogen) atoms. The SMILES string of the molecule is COCCc1nsc(Oc2ccc([N+](=O)[O-])cc2Br)n1. The zero-order valence-corrected chi connectivity index (χ0v) is 12.8. The number of halogens is 1. The van der Waals surface area contributed by atoms with Crippen LogP contribution in [0.4, 0.5) is 5.69 Å². The van der Waals surface area contributed by atoms with E-state index in [-0.39, 0.29) is 5.69 Å². The summed E-state index contributed by atoms with van der Waals surface area (Å²) < 4.78 is 15.1. The third kappa shape index (κ3) is 3.71. The lowest BCUT2D eigenvalue weighted by atomic mass is 10.3. The highest BCUT2D eigenvalue weighted by atomic mass is 79.9. The van der Waals surface area contributed by atoms with Crippen LogP contribution in [0.3, 0.4) is 0 Å². The van der Waals surface area contributed by atoms with Crippen LogP contribution in [0.25, 0.3) is 0 Å². The number of nitro benzene ring substituents is 1. The number of ether oxygens (including phenoxy) is 2. The molecule has 106 valence electrons. The Hall–Kier alpha value is -1.58. The number of hydrogen-bond acceptors (Lipinski definition) is 7. The Bertz CT molecular complexity index is 619. The zero-order chi connectivity index (χ0) is 14.5. The van der Waals surface area contributed by atoms with Crippen molar-refractivity contribution < 1.29 is 14.4 Å². The van der Waals surface area contributed by atoms with Crippen LogP contribution in [-0.4, -0.2) is 28.0 Å². The molecule has 0 aliphatic carbocycles. The molecule has 1 aromatic carbocycles. The van der Waals surface area contributed by atoms with Gasteiger partial charge < -0.3 is 9.47 Å². The lowest BCUT2D eigenvalue weighted by Crippen LogP contribution is -1.96. The Morgan fingerprint density at radius 3 is 2.95 bits per heavy atom. The van der Waals surface area contributed by atoms with Gasteiger partial charge in [0.25, 0.3) is 10.9 Å². The van der Waals surface area contributed by atoms with Crippen LogP contribution in [0, 0.1) is 10.1 Å². The lowest BCUT2D eigenvalue weighted by Gasteiger charge is -2.03. The summed E-state index contributed by atoms with van der Waals surface area (Å²) in [5.41, 5.74) is -0.0118. The van der Waals surface area contributed by atoms with Crippen molar-refractivity contribution in [1.82, 2.24) is 9.36 Å². The number of nitro groups is 1. The predicted molar refractivity (Wildman–Crippen MR) is 76.4 cm³/mol. The van der Waals surface area contributed by atoms with Crippen molar-refractivity contribution >= 4 is 33.1 Å². The molecule has 0 atom stereocenters. The summed E-state index contributed by atoms with van der Waals surface area (Å²) in [6.45, 7) is 0.539. The molecule has 0 spiro atoms. The van der Waals surface area contributed by atoms with Crippen LogP contribution in [0.5, 0.6) is 10.9 Å². The van der Waals surface area contributed by atoms with Crippen LogP contribution in [0.15, 0.2) is 22.7 Å². The maximum atomic E-state index is 10.6. The van der Waals surface area contributed by atoms with E-state index in [1.165, 1.54) is 18.2 Å². The van der Waals surface area contributed by atoms with Gasteiger partial charge in [-0.2, -0.15) is 9.36 Å². The Balaban J connectivity index is 2.09. The summed E-state index contributed by atoms with van der Waals surface area (Å²) >= 11 is 4.35.